The maximum atomic E-state index is 8.60. The second kappa shape index (κ2) is 5.08. The molecule has 0 radical (unpaired) electrons. The number of anilines is 2. The van der Waals surface area contributed by atoms with Gasteiger partial charge in [-0.1, -0.05) is 19.1 Å². The van der Waals surface area contributed by atoms with Gasteiger partial charge < -0.3 is 5.32 Å². The predicted octanol–water partition coefficient (Wildman–Crippen LogP) is 2.65. The van der Waals surface area contributed by atoms with Gasteiger partial charge in [-0.25, -0.2) is 0 Å². The highest BCUT2D eigenvalue weighted by molar-refractivity contribution is 5.56. The molecule has 0 bridgehead atoms. The van der Waals surface area contributed by atoms with Crippen LogP contribution in [0.2, 0.25) is 0 Å². The Balaban J connectivity index is 2.11. The summed E-state index contributed by atoms with van der Waals surface area (Å²) in [6.07, 6.45) is 1.02. The van der Waals surface area contributed by atoms with Crippen molar-refractivity contribution in [3.05, 3.63) is 47.7 Å². The number of hydrogen-bond donors (Lipinski definition) is 1. The minimum absolute atomic E-state index is 0.317. The molecule has 17 heavy (non-hydrogen) atoms. The Hall–Kier alpha value is -2.41. The van der Waals surface area contributed by atoms with E-state index in [2.05, 4.69) is 34.6 Å². The second-order valence-electron chi connectivity index (χ2n) is 3.59. The topological polar surface area (TPSA) is 61.6 Å². The van der Waals surface area contributed by atoms with E-state index in [0.717, 1.165) is 12.1 Å². The Labute approximate surface area is 99.9 Å². The van der Waals surface area contributed by atoms with Gasteiger partial charge in [0, 0.05) is 5.69 Å². The van der Waals surface area contributed by atoms with Gasteiger partial charge in [0.25, 0.3) is 0 Å². The van der Waals surface area contributed by atoms with Gasteiger partial charge in [0.05, 0.1) is 0 Å². The first-order chi connectivity index (χ1) is 8.31. The number of aromatic nitrogens is 2. The Kier molecular flexibility index (Phi) is 3.31. The lowest BCUT2D eigenvalue weighted by Crippen LogP contribution is -1.96. The number of nitrogens with zero attached hydrogens (tertiary/aromatic N) is 3. The lowest BCUT2D eigenvalue weighted by atomic mass is 10.1. The van der Waals surface area contributed by atoms with E-state index in [1.54, 1.807) is 12.1 Å². The van der Waals surface area contributed by atoms with E-state index in [0.29, 0.717) is 11.5 Å². The van der Waals surface area contributed by atoms with Gasteiger partial charge in [0.15, 0.2) is 11.5 Å². The fourth-order valence-electron chi connectivity index (χ4n) is 1.43. The van der Waals surface area contributed by atoms with Crippen LogP contribution in [0.4, 0.5) is 11.5 Å². The number of nitriles is 1. The molecule has 0 aliphatic heterocycles. The van der Waals surface area contributed by atoms with Crippen LogP contribution < -0.4 is 5.32 Å². The molecule has 0 saturated carbocycles. The molecule has 0 aliphatic carbocycles. The van der Waals surface area contributed by atoms with Crippen LogP contribution in [-0.4, -0.2) is 10.2 Å². The minimum Gasteiger partial charge on any atom is -0.339 e. The zero-order chi connectivity index (χ0) is 12.1. The van der Waals surface area contributed by atoms with Crippen molar-refractivity contribution in [1.29, 1.82) is 5.26 Å². The van der Waals surface area contributed by atoms with Gasteiger partial charge in [0.2, 0.25) is 0 Å². The molecule has 0 aliphatic rings. The maximum absolute atomic E-state index is 8.60. The predicted molar refractivity (Wildman–Crippen MR) is 65.8 cm³/mol. The monoisotopic (exact) mass is 224 g/mol. The molecule has 84 valence electrons. The molecule has 0 fully saturated rings. The van der Waals surface area contributed by atoms with Crippen molar-refractivity contribution in [2.24, 2.45) is 0 Å². The number of aryl methyl sites for hydroxylation is 1. The molecule has 4 heteroatoms. The fourth-order valence-corrected chi connectivity index (χ4v) is 1.43. The SMILES string of the molecule is CCc1ccc(Nc2ccc(C#N)nn2)cc1. The minimum atomic E-state index is 0.317. The Morgan fingerprint density at radius 2 is 1.88 bits per heavy atom. The maximum Gasteiger partial charge on any atom is 0.163 e. The van der Waals surface area contributed by atoms with E-state index >= 15 is 0 Å². The molecule has 1 aromatic carbocycles. The van der Waals surface area contributed by atoms with Crippen molar-refractivity contribution in [2.45, 2.75) is 13.3 Å². The van der Waals surface area contributed by atoms with Crippen molar-refractivity contribution in [1.82, 2.24) is 10.2 Å². The summed E-state index contributed by atoms with van der Waals surface area (Å²) < 4.78 is 0. The molecule has 1 N–H and O–H groups in total. The zero-order valence-corrected chi connectivity index (χ0v) is 9.51. The first-order valence-corrected chi connectivity index (χ1v) is 5.41. The van der Waals surface area contributed by atoms with Crippen LogP contribution in [0.15, 0.2) is 36.4 Å². The molecular weight excluding hydrogens is 212 g/mol. The normalized spacial score (nSPS) is 9.65. The zero-order valence-electron chi connectivity index (χ0n) is 9.51. The third-order valence-electron chi connectivity index (χ3n) is 2.41. The van der Waals surface area contributed by atoms with E-state index in [-0.39, 0.29) is 0 Å². The van der Waals surface area contributed by atoms with Crippen LogP contribution in [0, 0.1) is 11.3 Å². The van der Waals surface area contributed by atoms with E-state index < -0.39 is 0 Å². The summed E-state index contributed by atoms with van der Waals surface area (Å²) in [4.78, 5) is 0. The van der Waals surface area contributed by atoms with Crippen LogP contribution in [0.3, 0.4) is 0 Å². The first-order valence-electron chi connectivity index (χ1n) is 5.41. The van der Waals surface area contributed by atoms with Crippen molar-refractivity contribution in [3.63, 3.8) is 0 Å². The Morgan fingerprint density at radius 3 is 2.41 bits per heavy atom. The summed E-state index contributed by atoms with van der Waals surface area (Å²) in [5.41, 5.74) is 2.57. The van der Waals surface area contributed by atoms with E-state index in [4.69, 9.17) is 5.26 Å². The highest BCUT2D eigenvalue weighted by Crippen LogP contribution is 2.14. The molecule has 0 atom stereocenters. The number of rotatable bonds is 3. The highest BCUT2D eigenvalue weighted by atomic mass is 15.2. The van der Waals surface area contributed by atoms with Gasteiger partial charge in [-0.05, 0) is 36.2 Å². The van der Waals surface area contributed by atoms with Crippen LogP contribution in [0.5, 0.6) is 0 Å². The fraction of sp³-hybridized carbons (Fsp3) is 0.154. The lowest BCUT2D eigenvalue weighted by molar-refractivity contribution is 1.01. The molecular formula is C13H12N4. The van der Waals surface area contributed by atoms with Crippen molar-refractivity contribution < 1.29 is 0 Å². The summed E-state index contributed by atoms with van der Waals surface area (Å²) >= 11 is 0. The smallest absolute Gasteiger partial charge is 0.163 e. The molecule has 2 aromatic rings. The summed E-state index contributed by atoms with van der Waals surface area (Å²) in [6.45, 7) is 2.12. The standard InChI is InChI=1S/C13H12N4/c1-2-10-3-5-11(6-4-10)15-13-8-7-12(9-14)16-17-13/h3-8H,2H2,1H3,(H,15,17). The van der Waals surface area contributed by atoms with Crippen molar-refractivity contribution in [2.75, 3.05) is 5.32 Å². The number of benzene rings is 1. The first kappa shape index (κ1) is 11.1. The van der Waals surface area contributed by atoms with Gasteiger partial charge in [-0.15, -0.1) is 10.2 Å². The summed E-state index contributed by atoms with van der Waals surface area (Å²) in [5.74, 6) is 0.633. The van der Waals surface area contributed by atoms with Gasteiger partial charge in [0.1, 0.15) is 6.07 Å². The van der Waals surface area contributed by atoms with Gasteiger partial charge >= 0.3 is 0 Å². The third-order valence-corrected chi connectivity index (χ3v) is 2.41. The lowest BCUT2D eigenvalue weighted by Gasteiger charge is -2.05. The summed E-state index contributed by atoms with van der Waals surface area (Å²) in [7, 11) is 0. The van der Waals surface area contributed by atoms with Crippen LogP contribution in [0.1, 0.15) is 18.2 Å². The average molecular weight is 224 g/mol. The molecule has 1 heterocycles. The Bertz CT molecular complexity index is 523. The van der Waals surface area contributed by atoms with Crippen molar-refractivity contribution in [3.8, 4) is 6.07 Å². The quantitative estimate of drug-likeness (QED) is 0.870. The van der Waals surface area contributed by atoms with Gasteiger partial charge in [-0.2, -0.15) is 5.26 Å². The van der Waals surface area contributed by atoms with E-state index in [1.165, 1.54) is 5.56 Å². The average Bonchev–Trinajstić information content (AvgIpc) is 2.40. The number of nitrogens with one attached hydrogen (secondary N) is 1. The molecule has 0 amide bonds. The summed E-state index contributed by atoms with van der Waals surface area (Å²) in [6, 6.07) is 13.4. The largest absolute Gasteiger partial charge is 0.339 e. The Morgan fingerprint density at radius 1 is 1.12 bits per heavy atom. The van der Waals surface area contributed by atoms with E-state index in [9.17, 15) is 0 Å². The molecule has 2 rings (SSSR count). The summed E-state index contributed by atoms with van der Waals surface area (Å²) in [5, 5.41) is 19.4. The molecule has 0 unspecified atom stereocenters. The molecule has 0 saturated heterocycles. The molecule has 1 aromatic heterocycles. The van der Waals surface area contributed by atoms with Crippen molar-refractivity contribution >= 4 is 11.5 Å². The number of hydrogen-bond acceptors (Lipinski definition) is 4. The molecule has 0 spiro atoms. The second-order valence-corrected chi connectivity index (χ2v) is 3.59. The highest BCUT2D eigenvalue weighted by Gasteiger charge is 1.98. The van der Waals surface area contributed by atoms with E-state index in [1.807, 2.05) is 18.2 Å². The third kappa shape index (κ3) is 2.79. The van der Waals surface area contributed by atoms with Crippen LogP contribution in [0.25, 0.3) is 0 Å². The van der Waals surface area contributed by atoms with Crippen LogP contribution in [-0.2, 0) is 6.42 Å². The van der Waals surface area contributed by atoms with Crippen LogP contribution >= 0.6 is 0 Å². The molecule has 4 nitrogen and oxygen atoms in total. The van der Waals surface area contributed by atoms with Gasteiger partial charge in [-0.3, -0.25) is 0 Å².